The van der Waals surface area contributed by atoms with Gasteiger partial charge in [0, 0.05) is 28.6 Å². The van der Waals surface area contributed by atoms with Gasteiger partial charge in [-0.05, 0) is 28.8 Å². The third kappa shape index (κ3) is 3.52. The molecule has 1 aromatic heterocycles. The Balaban J connectivity index is 2.22. The summed E-state index contributed by atoms with van der Waals surface area (Å²) in [6.45, 7) is 5.38. The first-order valence-electron chi connectivity index (χ1n) is 6.89. The van der Waals surface area contributed by atoms with Crippen LogP contribution in [0.4, 0.5) is 0 Å². The van der Waals surface area contributed by atoms with Gasteiger partial charge in [-0.1, -0.05) is 13.8 Å². The van der Waals surface area contributed by atoms with E-state index in [4.69, 9.17) is 5.73 Å². The summed E-state index contributed by atoms with van der Waals surface area (Å²) in [7, 11) is 0. The minimum Gasteiger partial charge on any atom is -0.322 e. The molecule has 3 nitrogen and oxygen atoms in total. The van der Waals surface area contributed by atoms with Gasteiger partial charge < -0.3 is 5.73 Å². The summed E-state index contributed by atoms with van der Waals surface area (Å²) in [5.74, 6) is 2.46. The number of nitrogens with two attached hydrogens (primary N) is 1. The van der Waals surface area contributed by atoms with E-state index in [0.717, 1.165) is 17.4 Å². The molecule has 6 heteroatoms. The van der Waals surface area contributed by atoms with Crippen LogP contribution in [0, 0.1) is 0 Å². The van der Waals surface area contributed by atoms with Crippen LogP contribution < -0.4 is 5.73 Å². The summed E-state index contributed by atoms with van der Waals surface area (Å²) in [5, 5.41) is 5.60. The average Bonchev–Trinajstić information content (AvgIpc) is 2.79. The maximum Gasteiger partial charge on any atom is 0.0705 e. The Morgan fingerprint density at radius 1 is 1.47 bits per heavy atom. The van der Waals surface area contributed by atoms with Crippen LogP contribution >= 0.6 is 39.5 Å². The molecule has 0 bridgehead atoms. The van der Waals surface area contributed by atoms with Gasteiger partial charge in [0.05, 0.1) is 22.4 Å². The fraction of sp³-hybridized carbons (Fsp3) is 0.769. The van der Waals surface area contributed by atoms with Crippen molar-refractivity contribution in [1.29, 1.82) is 0 Å². The first kappa shape index (κ1) is 15.7. The molecule has 1 aromatic rings. The van der Waals surface area contributed by atoms with E-state index in [9.17, 15) is 0 Å². The molecule has 2 heterocycles. The minimum atomic E-state index is 0.0613. The highest BCUT2D eigenvalue weighted by molar-refractivity contribution is 9.10. The molecule has 3 atom stereocenters. The average molecular weight is 364 g/mol. The molecule has 3 unspecified atom stereocenters. The fourth-order valence-electron chi connectivity index (χ4n) is 2.52. The number of rotatable bonds is 5. The summed E-state index contributed by atoms with van der Waals surface area (Å²) in [6, 6.07) is 0.0613. The van der Waals surface area contributed by atoms with E-state index in [-0.39, 0.29) is 6.04 Å². The minimum absolute atomic E-state index is 0.0613. The molecular weight excluding hydrogens is 342 g/mol. The van der Waals surface area contributed by atoms with E-state index in [1.54, 1.807) is 0 Å². The lowest BCUT2D eigenvalue weighted by atomic mass is 10.1. The topological polar surface area (TPSA) is 43.8 Å². The summed E-state index contributed by atoms with van der Waals surface area (Å²) >= 11 is 7.72. The summed E-state index contributed by atoms with van der Waals surface area (Å²) in [4.78, 5) is 0. The quantitative estimate of drug-likeness (QED) is 0.866. The van der Waals surface area contributed by atoms with Gasteiger partial charge >= 0.3 is 0 Å². The van der Waals surface area contributed by atoms with Gasteiger partial charge in [0.2, 0.25) is 0 Å². The van der Waals surface area contributed by atoms with E-state index in [0.29, 0.717) is 10.5 Å². The third-order valence-electron chi connectivity index (χ3n) is 3.43. The Bertz CT molecular complexity index is 411. The van der Waals surface area contributed by atoms with Crippen LogP contribution in [0.15, 0.2) is 10.7 Å². The number of thioether (sulfide) groups is 2. The lowest BCUT2D eigenvalue weighted by Crippen LogP contribution is -2.37. The van der Waals surface area contributed by atoms with Gasteiger partial charge in [0.25, 0.3) is 0 Å². The van der Waals surface area contributed by atoms with Crippen molar-refractivity contribution in [2.75, 3.05) is 11.5 Å². The van der Waals surface area contributed by atoms with Crippen LogP contribution in [0.3, 0.4) is 0 Å². The summed E-state index contributed by atoms with van der Waals surface area (Å²) < 4.78 is 3.13. The highest BCUT2D eigenvalue weighted by Gasteiger charge is 2.33. The van der Waals surface area contributed by atoms with E-state index in [2.05, 4.69) is 51.3 Å². The van der Waals surface area contributed by atoms with Crippen molar-refractivity contribution in [3.63, 3.8) is 0 Å². The largest absolute Gasteiger partial charge is 0.322 e. The molecule has 0 saturated carbocycles. The monoisotopic (exact) mass is 363 g/mol. The molecule has 0 amide bonds. The summed E-state index contributed by atoms with van der Waals surface area (Å²) in [5.41, 5.74) is 7.75. The van der Waals surface area contributed by atoms with Crippen LogP contribution in [-0.4, -0.2) is 31.8 Å². The van der Waals surface area contributed by atoms with Crippen LogP contribution in [0.25, 0.3) is 0 Å². The highest BCUT2D eigenvalue weighted by Crippen LogP contribution is 2.40. The van der Waals surface area contributed by atoms with E-state index >= 15 is 0 Å². The molecule has 0 radical (unpaired) electrons. The Morgan fingerprint density at radius 2 is 2.21 bits per heavy atom. The second kappa shape index (κ2) is 7.38. The summed E-state index contributed by atoms with van der Waals surface area (Å²) in [6.07, 6.45) is 4.15. The fourth-order valence-corrected chi connectivity index (χ4v) is 6.23. The molecule has 108 valence electrons. The molecule has 2 N–H and O–H groups in total. The molecule has 0 aliphatic carbocycles. The number of hydrogen-bond donors (Lipinski definition) is 1. The lowest BCUT2D eigenvalue weighted by molar-refractivity contribution is 0.520. The second-order valence-electron chi connectivity index (χ2n) is 4.78. The van der Waals surface area contributed by atoms with Crippen molar-refractivity contribution in [3.8, 4) is 0 Å². The van der Waals surface area contributed by atoms with Crippen LogP contribution in [-0.2, 0) is 6.54 Å². The van der Waals surface area contributed by atoms with Crippen molar-refractivity contribution in [1.82, 2.24) is 9.78 Å². The maximum absolute atomic E-state index is 6.59. The molecule has 0 aromatic carbocycles. The number of aromatic nitrogens is 2. The zero-order chi connectivity index (χ0) is 13.8. The second-order valence-corrected chi connectivity index (χ2v) is 8.27. The van der Waals surface area contributed by atoms with E-state index < -0.39 is 0 Å². The van der Waals surface area contributed by atoms with Crippen molar-refractivity contribution in [2.24, 2.45) is 5.73 Å². The van der Waals surface area contributed by atoms with Crippen molar-refractivity contribution < 1.29 is 0 Å². The molecule has 1 fully saturated rings. The van der Waals surface area contributed by atoms with E-state index in [1.807, 2.05) is 18.0 Å². The predicted molar refractivity (Wildman–Crippen MR) is 89.9 cm³/mol. The molecule has 19 heavy (non-hydrogen) atoms. The molecule has 1 aliphatic heterocycles. The number of halogens is 1. The number of nitrogens with zero attached hydrogens (tertiary/aromatic N) is 2. The molecular formula is C13H22BrN3S2. The van der Waals surface area contributed by atoms with Crippen molar-refractivity contribution in [3.05, 3.63) is 16.4 Å². The Kier molecular flexibility index (Phi) is 6.11. The van der Waals surface area contributed by atoms with Gasteiger partial charge in [-0.15, -0.1) is 0 Å². The predicted octanol–water partition coefficient (Wildman–Crippen LogP) is 3.68. The smallest absolute Gasteiger partial charge is 0.0705 e. The van der Waals surface area contributed by atoms with Crippen LogP contribution in [0.2, 0.25) is 0 Å². The van der Waals surface area contributed by atoms with Gasteiger partial charge in [-0.2, -0.15) is 28.6 Å². The first-order valence-corrected chi connectivity index (χ1v) is 9.78. The number of aryl methyl sites for hydroxylation is 1. The molecule has 1 saturated heterocycles. The Labute approximate surface area is 132 Å². The first-order chi connectivity index (χ1) is 9.19. The third-order valence-corrected chi connectivity index (χ3v) is 7.42. The van der Waals surface area contributed by atoms with Crippen molar-refractivity contribution in [2.45, 2.75) is 49.8 Å². The molecule has 0 spiro atoms. The standard InChI is InChI=1S/C13H22BrN3S2/c1-3-5-17-12(9(14)8-16-17)11(15)13-10(4-2)18-6-7-19-13/h8,10-11,13H,3-7,15H2,1-2H3. The van der Waals surface area contributed by atoms with E-state index in [1.165, 1.54) is 23.6 Å². The highest BCUT2D eigenvalue weighted by atomic mass is 79.9. The van der Waals surface area contributed by atoms with Gasteiger partial charge in [0.15, 0.2) is 0 Å². The van der Waals surface area contributed by atoms with Crippen LogP contribution in [0.1, 0.15) is 38.4 Å². The number of hydrogen-bond acceptors (Lipinski definition) is 4. The van der Waals surface area contributed by atoms with Crippen LogP contribution in [0.5, 0.6) is 0 Å². The Morgan fingerprint density at radius 3 is 2.89 bits per heavy atom. The maximum atomic E-state index is 6.59. The molecule has 1 aliphatic rings. The lowest BCUT2D eigenvalue weighted by Gasteiger charge is -2.34. The molecule has 2 rings (SSSR count). The van der Waals surface area contributed by atoms with Gasteiger partial charge in [-0.3, -0.25) is 4.68 Å². The zero-order valence-corrected chi connectivity index (χ0v) is 14.7. The van der Waals surface area contributed by atoms with Crippen molar-refractivity contribution >= 4 is 39.5 Å². The SMILES string of the molecule is CCCn1ncc(Br)c1C(N)C1SCCSC1CC. The van der Waals surface area contributed by atoms with Gasteiger partial charge in [-0.25, -0.2) is 0 Å². The normalized spacial score (nSPS) is 25.5. The zero-order valence-electron chi connectivity index (χ0n) is 11.5. The van der Waals surface area contributed by atoms with Gasteiger partial charge in [0.1, 0.15) is 0 Å². The Hall–Kier alpha value is 0.350.